The number of aryl methyl sites for hydroxylation is 1. The van der Waals surface area contributed by atoms with Crippen molar-refractivity contribution in [2.75, 3.05) is 0 Å². The maximum absolute atomic E-state index is 14.4. The largest absolute Gasteiger partial charge is 0.432 e. The molecule has 0 spiro atoms. The van der Waals surface area contributed by atoms with Crippen molar-refractivity contribution in [1.29, 1.82) is 0 Å². The van der Waals surface area contributed by atoms with Crippen LogP contribution >= 0.6 is 0 Å². The molecule has 0 atom stereocenters. The van der Waals surface area contributed by atoms with Crippen molar-refractivity contribution < 1.29 is 26.7 Å². The lowest BCUT2D eigenvalue weighted by Crippen LogP contribution is -2.25. The number of hydrogen-bond donors (Lipinski definition) is 0. The molecule has 0 aliphatic rings. The van der Waals surface area contributed by atoms with E-state index in [0.717, 1.165) is 46.1 Å². The van der Waals surface area contributed by atoms with Crippen LogP contribution in [0.3, 0.4) is 0 Å². The summed E-state index contributed by atoms with van der Waals surface area (Å²) in [5, 5.41) is 0. The summed E-state index contributed by atoms with van der Waals surface area (Å²) in [5.74, 6) is -4.18. The third-order valence-electron chi connectivity index (χ3n) is 4.42. The molecule has 28 heavy (non-hydrogen) atoms. The molecule has 0 radical (unpaired) electrons. The highest BCUT2D eigenvalue weighted by molar-refractivity contribution is 6.08. The number of halogens is 5. The molecule has 0 heterocycles. The SMILES string of the molecule is Cc1ccc(OC(F)(F)c2c(F)cc(-c3ccc(C[SiH3])cc3)cc2F)cc1F. The zero-order chi connectivity index (χ0) is 20.5. The minimum atomic E-state index is -4.31. The van der Waals surface area contributed by atoms with Gasteiger partial charge in [0.15, 0.2) is 0 Å². The number of hydrogen-bond acceptors (Lipinski definition) is 1. The molecule has 146 valence electrons. The third-order valence-corrected chi connectivity index (χ3v) is 5.23. The molecule has 1 nitrogen and oxygen atoms in total. The molecule has 3 aromatic rings. The van der Waals surface area contributed by atoms with Gasteiger partial charge in [0.05, 0.1) is 0 Å². The number of benzene rings is 3. The van der Waals surface area contributed by atoms with Gasteiger partial charge >= 0.3 is 6.11 Å². The van der Waals surface area contributed by atoms with E-state index in [1.165, 1.54) is 13.0 Å². The van der Waals surface area contributed by atoms with E-state index in [4.69, 9.17) is 0 Å². The van der Waals surface area contributed by atoms with Gasteiger partial charge in [0.1, 0.15) is 28.8 Å². The average Bonchev–Trinajstić information content (AvgIpc) is 2.63. The van der Waals surface area contributed by atoms with Crippen molar-refractivity contribution in [2.24, 2.45) is 0 Å². The Balaban J connectivity index is 1.95. The van der Waals surface area contributed by atoms with Crippen molar-refractivity contribution in [2.45, 2.75) is 19.1 Å². The molecule has 0 bridgehead atoms. The third kappa shape index (κ3) is 4.09. The lowest BCUT2D eigenvalue weighted by Gasteiger charge is -2.20. The molecule has 0 saturated heterocycles. The number of alkyl halides is 2. The fourth-order valence-corrected chi connectivity index (χ4v) is 3.26. The van der Waals surface area contributed by atoms with Gasteiger partial charge in [0, 0.05) is 16.3 Å². The summed E-state index contributed by atoms with van der Waals surface area (Å²) < 4.78 is 75.6. The maximum Gasteiger partial charge on any atom is 0.432 e. The first kappa shape index (κ1) is 20.1. The maximum atomic E-state index is 14.4. The van der Waals surface area contributed by atoms with E-state index < -0.39 is 34.9 Å². The summed E-state index contributed by atoms with van der Waals surface area (Å²) >= 11 is 0. The Morgan fingerprint density at radius 1 is 0.821 bits per heavy atom. The van der Waals surface area contributed by atoms with Crippen LogP contribution in [-0.2, 0) is 12.2 Å². The van der Waals surface area contributed by atoms with Gasteiger partial charge in [-0.2, -0.15) is 8.78 Å². The molecule has 3 rings (SSSR count). The van der Waals surface area contributed by atoms with Crippen LogP contribution in [-0.4, -0.2) is 10.2 Å². The molecule has 0 aromatic heterocycles. The van der Waals surface area contributed by atoms with Crippen LogP contribution in [0.1, 0.15) is 16.7 Å². The Hall–Kier alpha value is -2.67. The van der Waals surface area contributed by atoms with E-state index in [9.17, 15) is 22.0 Å². The minimum Gasteiger partial charge on any atom is -0.429 e. The zero-order valence-corrected chi connectivity index (χ0v) is 17.2. The van der Waals surface area contributed by atoms with Gasteiger partial charge in [-0.15, -0.1) is 0 Å². The van der Waals surface area contributed by atoms with Crippen LogP contribution in [0.15, 0.2) is 54.6 Å². The summed E-state index contributed by atoms with van der Waals surface area (Å²) in [6, 6.07) is 12.7. The highest BCUT2D eigenvalue weighted by atomic mass is 28.1. The molecule has 0 fully saturated rings. The lowest BCUT2D eigenvalue weighted by molar-refractivity contribution is -0.189. The molecular weight excluding hydrogens is 391 g/mol. The van der Waals surface area contributed by atoms with Gasteiger partial charge in [0.2, 0.25) is 0 Å². The van der Waals surface area contributed by atoms with E-state index in [2.05, 4.69) is 4.74 Å². The van der Waals surface area contributed by atoms with Crippen molar-refractivity contribution >= 4 is 10.2 Å². The highest BCUT2D eigenvalue weighted by Crippen LogP contribution is 2.37. The normalized spacial score (nSPS) is 11.6. The molecule has 3 aromatic carbocycles. The molecule has 0 aliphatic carbocycles. The number of ether oxygens (including phenoxy) is 1. The van der Waals surface area contributed by atoms with Crippen molar-refractivity contribution in [3.63, 3.8) is 0 Å². The molecule has 0 saturated carbocycles. The fraction of sp³-hybridized carbons (Fsp3) is 0.143. The Bertz CT molecular complexity index is 979. The number of rotatable bonds is 5. The summed E-state index contributed by atoms with van der Waals surface area (Å²) in [4.78, 5) is 0. The Morgan fingerprint density at radius 2 is 1.43 bits per heavy atom. The van der Waals surface area contributed by atoms with Gasteiger partial charge in [-0.25, -0.2) is 13.2 Å². The van der Waals surface area contributed by atoms with Gasteiger partial charge in [-0.05, 0) is 47.9 Å². The Labute approximate surface area is 162 Å². The quantitative estimate of drug-likeness (QED) is 0.423. The van der Waals surface area contributed by atoms with Crippen LogP contribution in [0.2, 0.25) is 0 Å². The second-order valence-corrected chi connectivity index (χ2v) is 7.10. The zero-order valence-electron chi connectivity index (χ0n) is 15.2. The van der Waals surface area contributed by atoms with Crippen LogP contribution in [0.4, 0.5) is 22.0 Å². The highest BCUT2D eigenvalue weighted by Gasteiger charge is 2.41. The second-order valence-electron chi connectivity index (χ2n) is 6.40. The topological polar surface area (TPSA) is 9.23 Å². The first-order valence-electron chi connectivity index (χ1n) is 8.63. The van der Waals surface area contributed by atoms with Crippen molar-refractivity contribution in [3.8, 4) is 16.9 Å². The van der Waals surface area contributed by atoms with Crippen LogP contribution in [0, 0.1) is 24.4 Å². The van der Waals surface area contributed by atoms with Gasteiger partial charge in [-0.1, -0.05) is 35.9 Å². The molecule has 0 N–H and O–H groups in total. The molecule has 0 unspecified atom stereocenters. The second kappa shape index (κ2) is 7.75. The van der Waals surface area contributed by atoms with Crippen LogP contribution in [0.5, 0.6) is 5.75 Å². The summed E-state index contributed by atoms with van der Waals surface area (Å²) in [6.45, 7) is 1.45. The Kier molecular flexibility index (Phi) is 5.56. The monoisotopic (exact) mass is 408 g/mol. The first-order valence-corrected chi connectivity index (χ1v) is 10.0. The van der Waals surface area contributed by atoms with Crippen molar-refractivity contribution in [3.05, 3.63) is 88.7 Å². The fourth-order valence-electron chi connectivity index (χ4n) is 2.79. The van der Waals surface area contributed by atoms with Gasteiger partial charge < -0.3 is 4.74 Å². The summed E-state index contributed by atoms with van der Waals surface area (Å²) in [7, 11) is 0.983. The van der Waals surface area contributed by atoms with Gasteiger partial charge in [-0.3, -0.25) is 0 Å². The molecule has 7 heteroatoms. The van der Waals surface area contributed by atoms with E-state index in [1.807, 2.05) is 12.1 Å². The van der Waals surface area contributed by atoms with E-state index in [1.54, 1.807) is 12.1 Å². The summed E-state index contributed by atoms with van der Waals surface area (Å²) in [5.41, 5.74) is 0.448. The van der Waals surface area contributed by atoms with Gasteiger partial charge in [0.25, 0.3) is 0 Å². The first-order chi connectivity index (χ1) is 13.2. The smallest absolute Gasteiger partial charge is 0.429 e. The Morgan fingerprint density at radius 3 is 1.96 bits per heavy atom. The molecular formula is C21H17F5OSi. The predicted molar refractivity (Wildman–Crippen MR) is 101 cm³/mol. The van der Waals surface area contributed by atoms with Crippen LogP contribution < -0.4 is 4.74 Å². The molecule has 0 amide bonds. The van der Waals surface area contributed by atoms with E-state index in [0.29, 0.717) is 5.56 Å². The van der Waals surface area contributed by atoms with E-state index >= 15 is 0 Å². The summed E-state index contributed by atoms with van der Waals surface area (Å²) in [6.07, 6.45) is -4.31. The molecule has 0 aliphatic heterocycles. The van der Waals surface area contributed by atoms with Crippen molar-refractivity contribution in [1.82, 2.24) is 0 Å². The lowest BCUT2D eigenvalue weighted by atomic mass is 10.0. The standard InChI is InChI=1S/C21H17F5OSi/c1-12-2-7-16(10-17(12)22)27-21(25,26)20-18(23)8-15(9-19(20)24)14-5-3-13(11-28)4-6-14/h2-10H,11H2,1,28H3. The van der Waals surface area contributed by atoms with Crippen LogP contribution in [0.25, 0.3) is 11.1 Å². The predicted octanol–water partition coefficient (Wildman–Crippen LogP) is 5.07. The minimum absolute atomic E-state index is 0.135. The van der Waals surface area contributed by atoms with E-state index in [-0.39, 0.29) is 11.1 Å². The average molecular weight is 408 g/mol.